The van der Waals surface area contributed by atoms with Gasteiger partial charge in [-0.1, -0.05) is 30.3 Å². The number of hydrogen-bond acceptors (Lipinski definition) is 6. The Balaban J connectivity index is 1.38. The number of benzene rings is 1. The number of hydrogen-bond donors (Lipinski definition) is 1. The number of amides is 1. The van der Waals surface area contributed by atoms with E-state index in [0.717, 1.165) is 65.3 Å². The highest BCUT2D eigenvalue weighted by atomic mass is 79.9. The van der Waals surface area contributed by atoms with E-state index in [-0.39, 0.29) is 5.91 Å². The number of morpholine rings is 1. The lowest BCUT2D eigenvalue weighted by molar-refractivity contribution is 0.0951. The van der Waals surface area contributed by atoms with E-state index >= 15 is 0 Å². The molecule has 33 heavy (non-hydrogen) atoms. The van der Waals surface area contributed by atoms with E-state index in [1.54, 1.807) is 17.6 Å². The molecule has 2 aliphatic rings. The lowest BCUT2D eigenvalue weighted by atomic mass is 9.95. The Kier molecular flexibility index (Phi) is 6.94. The Hall–Kier alpha value is -2.42. The first-order valence-electron chi connectivity index (χ1n) is 11.3. The summed E-state index contributed by atoms with van der Waals surface area (Å²) in [4.78, 5) is 21.4. The molecule has 1 N–H and O–H groups in total. The first-order valence-corrected chi connectivity index (χ1v) is 12.9. The summed E-state index contributed by atoms with van der Waals surface area (Å²) < 4.78 is 12.4. The van der Waals surface area contributed by atoms with Gasteiger partial charge in [-0.05, 0) is 52.7 Å². The fourth-order valence-corrected chi connectivity index (χ4v) is 6.08. The van der Waals surface area contributed by atoms with E-state index in [9.17, 15) is 4.79 Å². The SMILES string of the molecule is O=C(NCc1ccccc1)c1c(N=Cc2cc(Br)c(N3CCOCC3)o2)sc2c1CCCC2. The van der Waals surface area contributed by atoms with Crippen molar-refractivity contribution in [3.8, 4) is 0 Å². The number of carbonyl (C=O) groups excluding carboxylic acids is 1. The number of nitrogens with zero attached hydrogens (tertiary/aromatic N) is 2. The molecular formula is C25H26BrN3O3S. The zero-order valence-corrected chi connectivity index (χ0v) is 20.7. The number of furan rings is 1. The molecule has 0 radical (unpaired) electrons. The highest BCUT2D eigenvalue weighted by Crippen LogP contribution is 2.40. The molecule has 1 fully saturated rings. The largest absolute Gasteiger partial charge is 0.438 e. The molecule has 1 aliphatic carbocycles. The highest BCUT2D eigenvalue weighted by molar-refractivity contribution is 9.10. The number of thiophene rings is 1. The van der Waals surface area contributed by atoms with Gasteiger partial charge in [0.15, 0.2) is 0 Å². The van der Waals surface area contributed by atoms with Crippen LogP contribution < -0.4 is 10.2 Å². The van der Waals surface area contributed by atoms with Gasteiger partial charge in [-0.25, -0.2) is 4.99 Å². The zero-order valence-electron chi connectivity index (χ0n) is 18.3. The van der Waals surface area contributed by atoms with Crippen molar-refractivity contribution < 1.29 is 13.9 Å². The lowest BCUT2D eigenvalue weighted by Crippen LogP contribution is -2.36. The second-order valence-corrected chi connectivity index (χ2v) is 10.2. The van der Waals surface area contributed by atoms with Crippen LogP contribution in [-0.4, -0.2) is 38.4 Å². The topological polar surface area (TPSA) is 67.1 Å². The van der Waals surface area contributed by atoms with Crippen LogP contribution >= 0.6 is 27.3 Å². The molecular weight excluding hydrogens is 502 g/mol. The Morgan fingerprint density at radius 3 is 2.79 bits per heavy atom. The number of anilines is 1. The van der Waals surface area contributed by atoms with E-state index in [2.05, 4.69) is 26.1 Å². The minimum absolute atomic E-state index is 0.0555. The third kappa shape index (κ3) is 5.08. The molecule has 6 nitrogen and oxygen atoms in total. The summed E-state index contributed by atoms with van der Waals surface area (Å²) in [6.07, 6.45) is 5.94. The van der Waals surface area contributed by atoms with Crippen LogP contribution in [0.4, 0.5) is 10.9 Å². The number of ether oxygens (including phenoxy) is 1. The van der Waals surface area contributed by atoms with E-state index in [1.165, 1.54) is 10.4 Å². The molecule has 1 saturated heterocycles. The molecule has 0 spiro atoms. The molecule has 0 saturated carbocycles. The van der Waals surface area contributed by atoms with Gasteiger partial charge in [0, 0.05) is 30.6 Å². The standard InChI is InChI=1S/C25H26BrN3O3S/c26-20-14-18(32-25(20)29-10-12-31-13-11-29)16-28-24-22(19-8-4-5-9-21(19)33-24)23(30)27-15-17-6-2-1-3-7-17/h1-3,6-7,14,16H,4-5,8-13,15H2,(H,27,30). The summed E-state index contributed by atoms with van der Waals surface area (Å²) in [5.74, 6) is 1.40. The number of aryl methyl sites for hydroxylation is 1. The number of halogens is 1. The van der Waals surface area contributed by atoms with Crippen LogP contribution in [0.2, 0.25) is 0 Å². The van der Waals surface area contributed by atoms with Crippen molar-refractivity contribution in [3.63, 3.8) is 0 Å². The fraction of sp³-hybridized carbons (Fsp3) is 0.360. The van der Waals surface area contributed by atoms with Crippen molar-refractivity contribution >= 4 is 50.3 Å². The summed E-state index contributed by atoms with van der Waals surface area (Å²) in [7, 11) is 0. The van der Waals surface area contributed by atoms with Crippen LogP contribution in [0.3, 0.4) is 0 Å². The van der Waals surface area contributed by atoms with Gasteiger partial charge in [0.2, 0.25) is 5.88 Å². The van der Waals surface area contributed by atoms with Gasteiger partial charge in [0.05, 0.1) is 29.5 Å². The van der Waals surface area contributed by atoms with Crippen LogP contribution in [0, 0.1) is 0 Å². The maximum absolute atomic E-state index is 13.2. The molecule has 1 aliphatic heterocycles. The van der Waals surface area contributed by atoms with E-state index in [0.29, 0.717) is 25.5 Å². The fourth-order valence-electron chi connectivity index (χ4n) is 4.29. The van der Waals surface area contributed by atoms with E-state index < -0.39 is 0 Å². The van der Waals surface area contributed by atoms with Crippen LogP contribution in [-0.2, 0) is 24.1 Å². The average Bonchev–Trinajstić information content (AvgIpc) is 3.42. The van der Waals surface area contributed by atoms with Gasteiger partial charge in [0.25, 0.3) is 5.91 Å². The first kappa shape index (κ1) is 22.4. The summed E-state index contributed by atoms with van der Waals surface area (Å²) in [6.45, 7) is 3.48. The van der Waals surface area contributed by atoms with Crippen molar-refractivity contribution in [3.05, 3.63) is 68.2 Å². The normalized spacial score (nSPS) is 16.2. The Morgan fingerprint density at radius 2 is 1.97 bits per heavy atom. The molecule has 8 heteroatoms. The summed E-state index contributed by atoms with van der Waals surface area (Å²) in [5, 5.41) is 3.85. The predicted molar refractivity (Wildman–Crippen MR) is 135 cm³/mol. The molecule has 1 amide bonds. The van der Waals surface area contributed by atoms with Crippen LogP contribution in [0.5, 0.6) is 0 Å². The lowest BCUT2D eigenvalue weighted by Gasteiger charge is -2.26. The van der Waals surface area contributed by atoms with Gasteiger partial charge in [-0.2, -0.15) is 0 Å². The monoisotopic (exact) mass is 527 g/mol. The smallest absolute Gasteiger partial charge is 0.254 e. The maximum Gasteiger partial charge on any atom is 0.254 e. The Bertz CT molecular complexity index is 1150. The van der Waals surface area contributed by atoms with Gasteiger partial charge in [-0.15, -0.1) is 11.3 Å². The van der Waals surface area contributed by atoms with Crippen LogP contribution in [0.25, 0.3) is 0 Å². The van der Waals surface area contributed by atoms with Crippen LogP contribution in [0.15, 0.2) is 50.3 Å². The predicted octanol–water partition coefficient (Wildman–Crippen LogP) is 5.50. The van der Waals surface area contributed by atoms with Crippen molar-refractivity contribution in [2.75, 3.05) is 31.2 Å². The maximum atomic E-state index is 13.2. The van der Waals surface area contributed by atoms with E-state index in [4.69, 9.17) is 14.1 Å². The number of fused-ring (bicyclic) bond motifs is 1. The number of aliphatic imine (C=N–C) groups is 1. The molecule has 5 rings (SSSR count). The quantitative estimate of drug-likeness (QED) is 0.429. The summed E-state index contributed by atoms with van der Waals surface area (Å²) in [5.41, 5.74) is 2.97. The molecule has 3 heterocycles. The summed E-state index contributed by atoms with van der Waals surface area (Å²) in [6, 6.07) is 11.9. The second kappa shape index (κ2) is 10.2. The molecule has 3 aromatic rings. The number of rotatable bonds is 6. The van der Waals surface area contributed by atoms with Crippen molar-refractivity contribution in [2.45, 2.75) is 32.2 Å². The highest BCUT2D eigenvalue weighted by Gasteiger charge is 2.25. The van der Waals surface area contributed by atoms with Gasteiger partial charge in [-0.3, -0.25) is 4.79 Å². The Morgan fingerprint density at radius 1 is 1.18 bits per heavy atom. The van der Waals surface area contributed by atoms with Crippen molar-refractivity contribution in [2.24, 2.45) is 4.99 Å². The second-order valence-electron chi connectivity index (χ2n) is 8.22. The molecule has 172 valence electrons. The van der Waals surface area contributed by atoms with Gasteiger partial charge in [0.1, 0.15) is 10.8 Å². The third-order valence-corrected chi connectivity index (χ3v) is 7.74. The minimum atomic E-state index is -0.0555. The molecule has 0 atom stereocenters. The molecule has 0 bridgehead atoms. The van der Waals surface area contributed by atoms with Crippen molar-refractivity contribution in [1.29, 1.82) is 0 Å². The average molecular weight is 528 g/mol. The van der Waals surface area contributed by atoms with Crippen molar-refractivity contribution in [1.82, 2.24) is 5.32 Å². The summed E-state index contributed by atoms with van der Waals surface area (Å²) >= 11 is 5.24. The van der Waals surface area contributed by atoms with Crippen LogP contribution in [0.1, 0.15) is 45.0 Å². The minimum Gasteiger partial charge on any atom is -0.438 e. The van der Waals surface area contributed by atoms with Gasteiger partial charge < -0.3 is 19.4 Å². The molecule has 1 aromatic carbocycles. The zero-order chi connectivity index (χ0) is 22.6. The number of nitrogens with one attached hydrogen (secondary N) is 1. The third-order valence-electron chi connectivity index (χ3n) is 5.97. The van der Waals surface area contributed by atoms with E-state index in [1.807, 2.05) is 36.4 Å². The molecule has 2 aromatic heterocycles. The first-order chi connectivity index (χ1) is 16.2. The molecule has 0 unspecified atom stereocenters. The van der Waals surface area contributed by atoms with Gasteiger partial charge >= 0.3 is 0 Å². The Labute approximate surface area is 205 Å². The number of carbonyl (C=O) groups is 1.